The van der Waals surface area contributed by atoms with Crippen molar-refractivity contribution in [2.75, 3.05) is 25.0 Å². The van der Waals surface area contributed by atoms with Gasteiger partial charge in [-0.15, -0.1) is 10.2 Å². The maximum absolute atomic E-state index is 13.8. The maximum atomic E-state index is 13.8. The third-order valence-corrected chi connectivity index (χ3v) is 6.49. The van der Waals surface area contributed by atoms with Gasteiger partial charge in [-0.25, -0.2) is 23.7 Å². The van der Waals surface area contributed by atoms with Gasteiger partial charge in [0, 0.05) is 38.1 Å². The van der Waals surface area contributed by atoms with E-state index >= 15 is 0 Å². The van der Waals surface area contributed by atoms with Crippen molar-refractivity contribution in [3.05, 3.63) is 66.5 Å². The number of aromatic nitrogens is 6. The van der Waals surface area contributed by atoms with E-state index in [9.17, 15) is 18.4 Å². The summed E-state index contributed by atoms with van der Waals surface area (Å²) in [6.07, 6.45) is 7.12. The third kappa shape index (κ3) is 5.50. The first-order valence-corrected chi connectivity index (χ1v) is 12.1. The molecular weight excluding hydrogens is 512 g/mol. The number of nitrogens with one attached hydrogen (secondary N) is 1. The monoisotopic (exact) mass is 537 g/mol. The summed E-state index contributed by atoms with van der Waals surface area (Å²) in [4.78, 5) is 42.3. The minimum atomic E-state index is -0.874. The van der Waals surface area contributed by atoms with Gasteiger partial charge in [0.25, 0.3) is 11.7 Å². The number of anilines is 1. The van der Waals surface area contributed by atoms with Gasteiger partial charge in [-0.1, -0.05) is 0 Å². The lowest BCUT2D eigenvalue weighted by Crippen LogP contribution is -2.63. The number of carbonyl (C=O) groups is 2. The summed E-state index contributed by atoms with van der Waals surface area (Å²) in [6, 6.07) is 2.38. The Kier molecular flexibility index (Phi) is 6.87. The fourth-order valence-corrected chi connectivity index (χ4v) is 4.40. The van der Waals surface area contributed by atoms with Crippen LogP contribution in [0.4, 0.5) is 14.6 Å². The SMILES string of the molecule is C[C@@H](C(=O)Nc1cnc(Oc2ccc(F)cc2F)cn1)N1CCN(C(=O)c2cnc3nncn3c2)C(C)(C)C1. The van der Waals surface area contributed by atoms with Crippen molar-refractivity contribution in [3.8, 4) is 11.6 Å². The number of nitrogens with zero attached hydrogens (tertiary/aromatic N) is 8. The van der Waals surface area contributed by atoms with Crippen molar-refractivity contribution in [2.45, 2.75) is 32.4 Å². The molecule has 0 spiro atoms. The number of piperazine rings is 1. The second-order valence-corrected chi connectivity index (χ2v) is 9.70. The van der Waals surface area contributed by atoms with Crippen LogP contribution in [0.1, 0.15) is 31.1 Å². The van der Waals surface area contributed by atoms with Gasteiger partial charge < -0.3 is 15.0 Å². The summed E-state index contributed by atoms with van der Waals surface area (Å²) in [5.74, 6) is -1.70. The highest BCUT2D eigenvalue weighted by molar-refractivity contribution is 5.95. The normalized spacial score (nSPS) is 16.2. The van der Waals surface area contributed by atoms with Gasteiger partial charge >= 0.3 is 0 Å². The molecule has 4 heterocycles. The lowest BCUT2D eigenvalue weighted by Gasteiger charge is -2.48. The van der Waals surface area contributed by atoms with Gasteiger partial charge in [0.15, 0.2) is 17.4 Å². The molecule has 3 aromatic heterocycles. The highest BCUT2D eigenvalue weighted by Crippen LogP contribution is 2.26. The molecule has 1 atom stereocenters. The topological polar surface area (TPSA) is 131 Å². The molecule has 1 aromatic carbocycles. The minimum Gasteiger partial charge on any atom is -0.434 e. The molecule has 39 heavy (non-hydrogen) atoms. The molecule has 12 nitrogen and oxygen atoms in total. The Morgan fingerprint density at radius 2 is 1.92 bits per heavy atom. The maximum Gasteiger partial charge on any atom is 0.257 e. The molecule has 202 valence electrons. The van der Waals surface area contributed by atoms with Crippen LogP contribution in [0.2, 0.25) is 0 Å². The average Bonchev–Trinajstić information content (AvgIpc) is 3.38. The second kappa shape index (κ2) is 10.3. The van der Waals surface area contributed by atoms with Crippen molar-refractivity contribution < 1.29 is 23.1 Å². The molecule has 1 N–H and O–H groups in total. The Bertz CT molecular complexity index is 1530. The number of benzene rings is 1. The van der Waals surface area contributed by atoms with Gasteiger partial charge in [0.1, 0.15) is 12.1 Å². The Morgan fingerprint density at radius 3 is 2.64 bits per heavy atom. The fourth-order valence-electron chi connectivity index (χ4n) is 4.40. The minimum absolute atomic E-state index is 0.0206. The Balaban J connectivity index is 1.19. The van der Waals surface area contributed by atoms with Crippen molar-refractivity contribution in [1.82, 2.24) is 39.3 Å². The lowest BCUT2D eigenvalue weighted by molar-refractivity contribution is -0.122. The number of rotatable bonds is 6. The molecule has 0 saturated carbocycles. The molecule has 0 aliphatic carbocycles. The summed E-state index contributed by atoms with van der Waals surface area (Å²) in [7, 11) is 0. The summed E-state index contributed by atoms with van der Waals surface area (Å²) in [5, 5.41) is 10.4. The van der Waals surface area contributed by atoms with Crippen LogP contribution in [0, 0.1) is 11.6 Å². The zero-order valence-electron chi connectivity index (χ0n) is 21.4. The Hall–Kier alpha value is -4.59. The van der Waals surface area contributed by atoms with E-state index in [0.717, 1.165) is 12.1 Å². The highest BCUT2D eigenvalue weighted by atomic mass is 19.1. The largest absolute Gasteiger partial charge is 0.434 e. The van der Waals surface area contributed by atoms with Crippen molar-refractivity contribution in [1.29, 1.82) is 0 Å². The van der Waals surface area contributed by atoms with Crippen LogP contribution >= 0.6 is 0 Å². The number of hydrogen-bond donors (Lipinski definition) is 1. The van der Waals surface area contributed by atoms with E-state index in [-0.39, 0.29) is 29.3 Å². The van der Waals surface area contributed by atoms with Crippen LogP contribution in [-0.4, -0.2) is 82.4 Å². The van der Waals surface area contributed by atoms with E-state index in [1.807, 2.05) is 18.7 Å². The van der Waals surface area contributed by atoms with E-state index in [1.165, 1.54) is 24.9 Å². The van der Waals surface area contributed by atoms with E-state index in [4.69, 9.17) is 4.74 Å². The van der Waals surface area contributed by atoms with Gasteiger partial charge in [-0.05, 0) is 32.9 Å². The number of fused-ring (bicyclic) bond motifs is 1. The summed E-state index contributed by atoms with van der Waals surface area (Å²) in [6.45, 7) is 7.01. The molecule has 0 radical (unpaired) electrons. The quantitative estimate of drug-likeness (QED) is 0.394. The van der Waals surface area contributed by atoms with Gasteiger partial charge in [-0.3, -0.25) is 18.9 Å². The molecular formula is C25H25F2N9O3. The molecule has 0 bridgehead atoms. The first kappa shape index (κ1) is 26.0. The number of halogens is 2. The van der Waals surface area contributed by atoms with Gasteiger partial charge in [0.05, 0.1) is 29.5 Å². The second-order valence-electron chi connectivity index (χ2n) is 9.70. The van der Waals surface area contributed by atoms with E-state index in [0.29, 0.717) is 37.0 Å². The Morgan fingerprint density at radius 1 is 1.10 bits per heavy atom. The zero-order chi connectivity index (χ0) is 27.7. The zero-order valence-corrected chi connectivity index (χ0v) is 21.4. The van der Waals surface area contributed by atoms with Crippen molar-refractivity contribution >= 4 is 23.4 Å². The summed E-state index contributed by atoms with van der Waals surface area (Å²) >= 11 is 0. The first-order valence-electron chi connectivity index (χ1n) is 12.1. The van der Waals surface area contributed by atoms with E-state index in [1.54, 1.807) is 22.4 Å². The van der Waals surface area contributed by atoms with E-state index < -0.39 is 23.2 Å². The number of hydrogen-bond acceptors (Lipinski definition) is 9. The molecule has 1 saturated heterocycles. The van der Waals surface area contributed by atoms with Gasteiger partial charge in [-0.2, -0.15) is 0 Å². The van der Waals surface area contributed by atoms with E-state index in [2.05, 4.69) is 30.5 Å². The van der Waals surface area contributed by atoms with Crippen LogP contribution in [0.25, 0.3) is 5.78 Å². The lowest BCUT2D eigenvalue weighted by atomic mass is 9.96. The average molecular weight is 538 g/mol. The molecule has 2 amide bonds. The van der Waals surface area contributed by atoms with Gasteiger partial charge in [0.2, 0.25) is 11.8 Å². The first-order chi connectivity index (χ1) is 18.6. The Labute approximate surface area is 221 Å². The molecule has 14 heteroatoms. The number of amides is 2. The summed E-state index contributed by atoms with van der Waals surface area (Å²) in [5.41, 5.74) is -0.150. The number of carbonyl (C=O) groups excluding carboxylic acids is 2. The van der Waals surface area contributed by atoms with Crippen LogP contribution in [0.3, 0.4) is 0 Å². The molecule has 5 rings (SSSR count). The molecule has 1 aliphatic rings. The third-order valence-electron chi connectivity index (χ3n) is 6.49. The molecule has 4 aromatic rings. The van der Waals surface area contributed by atoms with Crippen LogP contribution in [0.5, 0.6) is 11.6 Å². The molecule has 1 aliphatic heterocycles. The number of ether oxygens (including phenoxy) is 1. The van der Waals surface area contributed by atoms with Crippen LogP contribution in [0.15, 0.2) is 49.3 Å². The van der Waals surface area contributed by atoms with Crippen LogP contribution < -0.4 is 10.1 Å². The summed E-state index contributed by atoms with van der Waals surface area (Å²) < 4.78 is 33.8. The standard InChI is InChI=1S/C25H25F2N9O3/c1-15(22(37)32-20-10-29-21(11-28-20)39-19-5-4-17(26)8-18(19)27)34-6-7-36(25(2,3)13-34)23(38)16-9-30-24-33-31-14-35(24)12-16/h4-5,8-12,14-15H,6-7,13H2,1-3H3,(H,28,32,37)/t15-/m0/s1. The molecule has 0 unspecified atom stereocenters. The highest BCUT2D eigenvalue weighted by Gasteiger charge is 2.40. The molecule has 1 fully saturated rings. The van der Waals surface area contributed by atoms with Crippen molar-refractivity contribution in [3.63, 3.8) is 0 Å². The smallest absolute Gasteiger partial charge is 0.257 e. The predicted octanol–water partition coefficient (Wildman–Crippen LogP) is 2.55. The van der Waals surface area contributed by atoms with Crippen LogP contribution in [-0.2, 0) is 4.79 Å². The predicted molar refractivity (Wildman–Crippen MR) is 134 cm³/mol. The fraction of sp³-hybridized carbons (Fsp3) is 0.320. The van der Waals surface area contributed by atoms with Crippen molar-refractivity contribution in [2.24, 2.45) is 0 Å².